The SMILES string of the molecule is NCCNC(=O)c1cc(Cl)c2nc(NC(=O)c3ccc(-c4ccnc(N)n4)s3)sc2c1. The summed E-state index contributed by atoms with van der Waals surface area (Å²) in [7, 11) is 0. The summed E-state index contributed by atoms with van der Waals surface area (Å²) in [6, 6.07) is 8.44. The van der Waals surface area contributed by atoms with Crippen molar-refractivity contribution in [2.45, 2.75) is 0 Å². The Morgan fingerprint density at radius 1 is 1.10 bits per heavy atom. The maximum atomic E-state index is 12.7. The summed E-state index contributed by atoms with van der Waals surface area (Å²) in [6.07, 6.45) is 1.56. The van der Waals surface area contributed by atoms with Crippen molar-refractivity contribution in [2.75, 3.05) is 24.1 Å². The molecule has 1 aromatic carbocycles. The fourth-order valence-corrected chi connectivity index (χ4v) is 4.84. The van der Waals surface area contributed by atoms with Crippen LogP contribution in [0.25, 0.3) is 20.8 Å². The Labute approximate surface area is 189 Å². The predicted molar refractivity (Wildman–Crippen MR) is 124 cm³/mol. The van der Waals surface area contributed by atoms with Crippen molar-refractivity contribution in [3.63, 3.8) is 0 Å². The number of rotatable bonds is 6. The minimum absolute atomic E-state index is 0.166. The lowest BCUT2D eigenvalue weighted by Gasteiger charge is -2.04. The van der Waals surface area contributed by atoms with Crippen LogP contribution < -0.4 is 22.1 Å². The number of halogens is 1. The summed E-state index contributed by atoms with van der Waals surface area (Å²) in [6.45, 7) is 0.705. The van der Waals surface area contributed by atoms with Gasteiger partial charge in [-0.1, -0.05) is 22.9 Å². The fraction of sp³-hybridized carbons (Fsp3) is 0.105. The maximum Gasteiger partial charge on any atom is 0.267 e. The van der Waals surface area contributed by atoms with Gasteiger partial charge in [0.25, 0.3) is 11.8 Å². The molecule has 4 aromatic rings. The number of anilines is 2. The van der Waals surface area contributed by atoms with Gasteiger partial charge in [-0.3, -0.25) is 14.9 Å². The number of fused-ring (bicyclic) bond motifs is 1. The van der Waals surface area contributed by atoms with Gasteiger partial charge in [0.1, 0.15) is 5.52 Å². The number of nitrogens with two attached hydrogens (primary N) is 2. The Morgan fingerprint density at radius 3 is 2.71 bits per heavy atom. The highest BCUT2D eigenvalue weighted by atomic mass is 35.5. The smallest absolute Gasteiger partial charge is 0.267 e. The quantitative estimate of drug-likeness (QED) is 0.336. The molecule has 0 aliphatic rings. The number of amides is 2. The van der Waals surface area contributed by atoms with Crippen LogP contribution in [0.4, 0.5) is 11.1 Å². The highest BCUT2D eigenvalue weighted by molar-refractivity contribution is 7.22. The average molecular weight is 474 g/mol. The molecule has 0 aliphatic heterocycles. The second-order valence-corrected chi connectivity index (χ2v) is 8.81. The van der Waals surface area contributed by atoms with Gasteiger partial charge in [0, 0.05) is 24.8 Å². The van der Waals surface area contributed by atoms with Crippen LogP contribution >= 0.6 is 34.3 Å². The Hall–Kier alpha value is -3.12. The molecule has 0 aliphatic carbocycles. The Morgan fingerprint density at radius 2 is 1.94 bits per heavy atom. The van der Waals surface area contributed by atoms with Crippen molar-refractivity contribution < 1.29 is 9.59 Å². The molecular weight excluding hydrogens is 458 g/mol. The van der Waals surface area contributed by atoms with E-state index in [2.05, 4.69) is 25.6 Å². The summed E-state index contributed by atoms with van der Waals surface area (Å²) in [5.41, 5.74) is 12.6. The molecule has 9 nitrogen and oxygen atoms in total. The molecule has 2 amide bonds. The Kier molecular flexibility index (Phi) is 6.09. The number of thiophene rings is 1. The molecule has 6 N–H and O–H groups in total. The van der Waals surface area contributed by atoms with Gasteiger partial charge < -0.3 is 16.8 Å². The van der Waals surface area contributed by atoms with Gasteiger partial charge in [0.2, 0.25) is 5.95 Å². The number of nitrogen functional groups attached to an aromatic ring is 1. The van der Waals surface area contributed by atoms with Crippen LogP contribution in [0.3, 0.4) is 0 Å². The number of benzene rings is 1. The molecule has 0 saturated carbocycles. The van der Waals surface area contributed by atoms with Crippen LogP contribution in [0.15, 0.2) is 36.5 Å². The van der Waals surface area contributed by atoms with Gasteiger partial charge >= 0.3 is 0 Å². The zero-order valence-electron chi connectivity index (χ0n) is 15.9. The van der Waals surface area contributed by atoms with E-state index >= 15 is 0 Å². The van der Waals surface area contributed by atoms with Gasteiger partial charge in [-0.25, -0.2) is 15.0 Å². The third kappa shape index (κ3) is 4.64. The van der Waals surface area contributed by atoms with Gasteiger partial charge in [-0.15, -0.1) is 11.3 Å². The first-order valence-electron chi connectivity index (χ1n) is 9.03. The number of hydrogen-bond donors (Lipinski definition) is 4. The van der Waals surface area contributed by atoms with Crippen LogP contribution in [-0.2, 0) is 0 Å². The second-order valence-electron chi connectivity index (χ2n) is 6.29. The molecule has 0 bridgehead atoms. The first kappa shape index (κ1) is 21.1. The zero-order chi connectivity index (χ0) is 22.0. The minimum atomic E-state index is -0.311. The van der Waals surface area contributed by atoms with E-state index in [1.54, 1.807) is 36.5 Å². The summed E-state index contributed by atoms with van der Waals surface area (Å²) < 4.78 is 0.684. The Bertz CT molecular complexity index is 1290. The molecule has 0 unspecified atom stereocenters. The number of thiazole rings is 1. The molecular formula is C19H16ClN7O2S2. The van der Waals surface area contributed by atoms with E-state index in [9.17, 15) is 9.59 Å². The molecule has 0 atom stereocenters. The number of carbonyl (C=O) groups excluding carboxylic acids is 2. The van der Waals surface area contributed by atoms with Gasteiger partial charge in [-0.05, 0) is 30.3 Å². The van der Waals surface area contributed by atoms with E-state index in [1.165, 1.54) is 22.7 Å². The van der Waals surface area contributed by atoms with Gasteiger partial charge in [-0.2, -0.15) is 0 Å². The highest BCUT2D eigenvalue weighted by Crippen LogP contribution is 2.33. The first-order valence-corrected chi connectivity index (χ1v) is 11.0. The average Bonchev–Trinajstić information content (AvgIpc) is 3.39. The van der Waals surface area contributed by atoms with Crippen molar-refractivity contribution in [3.05, 3.63) is 52.0 Å². The molecule has 0 spiro atoms. The summed E-state index contributed by atoms with van der Waals surface area (Å²) >= 11 is 8.80. The molecule has 4 rings (SSSR count). The topological polar surface area (TPSA) is 149 Å². The van der Waals surface area contributed by atoms with Crippen LogP contribution in [-0.4, -0.2) is 39.9 Å². The normalized spacial score (nSPS) is 10.9. The predicted octanol–water partition coefficient (Wildman–Crippen LogP) is 2.99. The Balaban J connectivity index is 1.54. The highest BCUT2D eigenvalue weighted by Gasteiger charge is 2.16. The van der Waals surface area contributed by atoms with Gasteiger partial charge in [0.15, 0.2) is 5.13 Å². The van der Waals surface area contributed by atoms with Crippen molar-refractivity contribution in [1.82, 2.24) is 20.3 Å². The number of nitrogens with zero attached hydrogens (tertiary/aromatic N) is 3. The zero-order valence-corrected chi connectivity index (χ0v) is 18.3. The van der Waals surface area contributed by atoms with E-state index in [1.807, 2.05) is 0 Å². The van der Waals surface area contributed by atoms with Crippen LogP contribution in [0.2, 0.25) is 5.02 Å². The third-order valence-electron chi connectivity index (χ3n) is 4.12. The molecule has 12 heteroatoms. The van der Waals surface area contributed by atoms with E-state index in [-0.39, 0.29) is 17.8 Å². The van der Waals surface area contributed by atoms with E-state index in [0.717, 1.165) is 4.88 Å². The van der Waals surface area contributed by atoms with E-state index in [4.69, 9.17) is 23.1 Å². The van der Waals surface area contributed by atoms with Crippen molar-refractivity contribution in [1.29, 1.82) is 0 Å². The lowest BCUT2D eigenvalue weighted by atomic mass is 10.2. The van der Waals surface area contributed by atoms with Gasteiger partial charge in [0.05, 0.1) is 25.2 Å². The standard InChI is InChI=1S/C19H16ClN7O2S2/c20-10-7-9(16(28)23-6-4-21)8-14-15(10)26-19(31-14)27-17(29)13-2-1-12(30-13)11-3-5-24-18(22)25-11/h1-3,5,7-8H,4,6,21H2,(H,23,28)(H2,22,24,25)(H,26,27,29). The van der Waals surface area contributed by atoms with Crippen LogP contribution in [0, 0.1) is 0 Å². The van der Waals surface area contributed by atoms with Crippen molar-refractivity contribution >= 4 is 67.4 Å². The first-order chi connectivity index (χ1) is 14.9. The number of nitrogens with one attached hydrogen (secondary N) is 2. The number of carbonyl (C=O) groups is 2. The summed E-state index contributed by atoms with van der Waals surface area (Å²) in [5.74, 6) is -0.418. The molecule has 3 aromatic heterocycles. The van der Waals surface area contributed by atoms with Crippen molar-refractivity contribution in [2.24, 2.45) is 5.73 Å². The molecule has 0 radical (unpaired) electrons. The second kappa shape index (κ2) is 8.94. The lowest BCUT2D eigenvalue weighted by molar-refractivity contribution is 0.0954. The fourth-order valence-electron chi connectivity index (χ4n) is 2.73. The lowest BCUT2D eigenvalue weighted by Crippen LogP contribution is -2.28. The molecule has 158 valence electrons. The van der Waals surface area contributed by atoms with Crippen molar-refractivity contribution in [3.8, 4) is 10.6 Å². The number of aromatic nitrogens is 3. The monoisotopic (exact) mass is 473 g/mol. The van der Waals surface area contributed by atoms with Crippen LogP contribution in [0.1, 0.15) is 20.0 Å². The molecule has 0 fully saturated rings. The maximum absolute atomic E-state index is 12.7. The van der Waals surface area contributed by atoms with E-state index < -0.39 is 0 Å². The van der Waals surface area contributed by atoms with E-state index in [0.29, 0.717) is 49.6 Å². The number of hydrogen-bond acceptors (Lipinski definition) is 9. The largest absolute Gasteiger partial charge is 0.368 e. The molecule has 3 heterocycles. The summed E-state index contributed by atoms with van der Waals surface area (Å²) in [5, 5.41) is 6.18. The molecule has 31 heavy (non-hydrogen) atoms. The summed E-state index contributed by atoms with van der Waals surface area (Å²) in [4.78, 5) is 38.6. The minimum Gasteiger partial charge on any atom is -0.368 e. The van der Waals surface area contributed by atoms with Crippen LogP contribution in [0.5, 0.6) is 0 Å². The third-order valence-corrected chi connectivity index (χ3v) is 6.43. The molecule has 0 saturated heterocycles.